The molecule has 0 amide bonds. The predicted octanol–water partition coefficient (Wildman–Crippen LogP) is 2.63. The molecule has 30 heavy (non-hydrogen) atoms. The summed E-state index contributed by atoms with van der Waals surface area (Å²) < 4.78 is 1.77. The Kier molecular flexibility index (Phi) is 5.18. The first kappa shape index (κ1) is 19.1. The lowest BCUT2D eigenvalue weighted by Gasteiger charge is -2.23. The van der Waals surface area contributed by atoms with E-state index in [9.17, 15) is 0 Å². The van der Waals surface area contributed by atoms with Gasteiger partial charge in [-0.15, -0.1) is 16.4 Å². The lowest BCUT2D eigenvalue weighted by molar-refractivity contribution is -0.915. The van der Waals surface area contributed by atoms with Gasteiger partial charge < -0.3 is 9.74 Å². The minimum Gasteiger partial charge on any atom is -0.387 e. The molecule has 1 aliphatic heterocycles. The standard InChI is InChI=1S/C22H24N6OS/c1-3-10-27-11-9-17-18(12-27)30-22-20(17)21-24-19(25-28(21)14-23-22)13-29-26-15(2)16-7-5-4-6-8-16/h4-8,14H,3,9-13H2,1-2H3/p+1/b26-15-. The molecule has 0 saturated carbocycles. The van der Waals surface area contributed by atoms with Gasteiger partial charge in [0.15, 0.2) is 18.1 Å². The molecule has 4 heterocycles. The van der Waals surface area contributed by atoms with Crippen molar-refractivity contribution in [2.24, 2.45) is 5.16 Å². The van der Waals surface area contributed by atoms with Gasteiger partial charge >= 0.3 is 0 Å². The van der Waals surface area contributed by atoms with Gasteiger partial charge in [0, 0.05) is 6.42 Å². The van der Waals surface area contributed by atoms with Crippen LogP contribution in [-0.4, -0.2) is 38.4 Å². The van der Waals surface area contributed by atoms with E-state index in [1.54, 1.807) is 27.1 Å². The van der Waals surface area contributed by atoms with Crippen LogP contribution in [0.4, 0.5) is 0 Å². The van der Waals surface area contributed by atoms with Crippen molar-refractivity contribution in [3.63, 3.8) is 0 Å². The maximum Gasteiger partial charge on any atom is 0.192 e. The van der Waals surface area contributed by atoms with Crippen LogP contribution in [0.1, 0.15) is 42.1 Å². The normalized spacial score (nSPS) is 16.9. The summed E-state index contributed by atoms with van der Waals surface area (Å²) in [5, 5.41) is 9.94. The molecule has 7 nitrogen and oxygen atoms in total. The molecule has 0 spiro atoms. The summed E-state index contributed by atoms with van der Waals surface area (Å²) in [5.41, 5.74) is 4.15. The Morgan fingerprint density at radius 2 is 2.17 bits per heavy atom. The number of thiophene rings is 1. The summed E-state index contributed by atoms with van der Waals surface area (Å²) in [6.07, 6.45) is 4.05. The maximum absolute atomic E-state index is 5.54. The Morgan fingerprint density at radius 1 is 1.30 bits per heavy atom. The fourth-order valence-corrected chi connectivity index (χ4v) is 5.37. The van der Waals surface area contributed by atoms with Crippen molar-refractivity contribution >= 4 is 32.9 Å². The SMILES string of the molecule is CCC[NH+]1CCc2c(sc3ncn4nc(CO/N=C(/C)c5ccccc5)nc4c23)C1. The fraction of sp³-hybridized carbons (Fsp3) is 0.364. The molecule has 4 aromatic rings. The minimum atomic E-state index is 0.230. The molecule has 1 aliphatic rings. The van der Waals surface area contributed by atoms with E-state index in [0.29, 0.717) is 5.82 Å². The highest BCUT2D eigenvalue weighted by atomic mass is 32.1. The third kappa shape index (κ3) is 3.57. The first-order chi connectivity index (χ1) is 14.7. The largest absolute Gasteiger partial charge is 0.387 e. The molecule has 0 saturated heterocycles. The number of aromatic nitrogens is 4. The van der Waals surface area contributed by atoms with Gasteiger partial charge in [-0.25, -0.2) is 14.5 Å². The Bertz CT molecular complexity index is 1210. The van der Waals surface area contributed by atoms with Crippen LogP contribution in [0, 0.1) is 0 Å². The number of nitrogens with one attached hydrogen (secondary N) is 1. The molecular weight excluding hydrogens is 396 g/mol. The van der Waals surface area contributed by atoms with Crippen LogP contribution < -0.4 is 4.90 Å². The fourth-order valence-electron chi connectivity index (χ4n) is 4.12. The van der Waals surface area contributed by atoms with Gasteiger partial charge in [0.05, 0.1) is 29.1 Å². The molecule has 0 radical (unpaired) electrons. The van der Waals surface area contributed by atoms with Crippen LogP contribution in [0.25, 0.3) is 15.9 Å². The van der Waals surface area contributed by atoms with E-state index < -0.39 is 0 Å². The maximum atomic E-state index is 5.54. The summed E-state index contributed by atoms with van der Waals surface area (Å²) in [6, 6.07) is 9.98. The second-order valence-corrected chi connectivity index (χ2v) is 8.80. The van der Waals surface area contributed by atoms with Crippen molar-refractivity contribution in [3.8, 4) is 0 Å². The first-order valence-corrected chi connectivity index (χ1v) is 11.2. The number of hydrogen-bond acceptors (Lipinski definition) is 6. The topological polar surface area (TPSA) is 69.1 Å². The molecule has 8 heteroatoms. The third-order valence-electron chi connectivity index (χ3n) is 5.58. The number of nitrogens with zero attached hydrogens (tertiary/aromatic N) is 5. The van der Waals surface area contributed by atoms with Gasteiger partial charge in [-0.1, -0.05) is 42.4 Å². The van der Waals surface area contributed by atoms with Crippen LogP contribution in [-0.2, 0) is 24.4 Å². The number of rotatable bonds is 6. The first-order valence-electron chi connectivity index (χ1n) is 10.4. The number of benzene rings is 1. The van der Waals surface area contributed by atoms with E-state index in [1.807, 2.05) is 37.3 Å². The second-order valence-electron chi connectivity index (χ2n) is 7.72. The smallest absolute Gasteiger partial charge is 0.192 e. The van der Waals surface area contributed by atoms with Gasteiger partial charge in [0.25, 0.3) is 0 Å². The van der Waals surface area contributed by atoms with Crippen LogP contribution in [0.5, 0.6) is 0 Å². The Hall–Kier alpha value is -2.84. The van der Waals surface area contributed by atoms with Crippen LogP contribution in [0.3, 0.4) is 0 Å². The summed E-state index contributed by atoms with van der Waals surface area (Å²) in [7, 11) is 0. The van der Waals surface area contributed by atoms with E-state index in [0.717, 1.165) is 40.1 Å². The zero-order chi connectivity index (χ0) is 20.5. The summed E-state index contributed by atoms with van der Waals surface area (Å²) in [5.74, 6) is 0.614. The molecule has 1 aromatic carbocycles. The minimum absolute atomic E-state index is 0.230. The zero-order valence-corrected chi connectivity index (χ0v) is 18.1. The number of hydrogen-bond donors (Lipinski definition) is 1. The van der Waals surface area contributed by atoms with E-state index in [2.05, 4.69) is 22.2 Å². The van der Waals surface area contributed by atoms with Gasteiger partial charge in [0.1, 0.15) is 17.7 Å². The van der Waals surface area contributed by atoms with E-state index >= 15 is 0 Å². The Balaban J connectivity index is 1.40. The molecule has 1 N–H and O–H groups in total. The van der Waals surface area contributed by atoms with Crippen LogP contribution in [0.2, 0.25) is 0 Å². The summed E-state index contributed by atoms with van der Waals surface area (Å²) in [4.78, 5) is 19.1. The quantitative estimate of drug-likeness (QED) is 0.384. The summed E-state index contributed by atoms with van der Waals surface area (Å²) >= 11 is 1.81. The van der Waals surface area contributed by atoms with E-state index in [1.165, 1.54) is 30.0 Å². The molecule has 0 aliphatic carbocycles. The average Bonchev–Trinajstić information content (AvgIpc) is 3.34. The molecule has 0 bridgehead atoms. The zero-order valence-electron chi connectivity index (χ0n) is 17.3. The Labute approximate surface area is 179 Å². The number of oxime groups is 1. The van der Waals surface area contributed by atoms with Crippen molar-refractivity contribution < 1.29 is 9.74 Å². The van der Waals surface area contributed by atoms with Crippen molar-refractivity contribution in [3.05, 3.63) is 58.5 Å². The number of quaternary nitrogens is 1. The van der Waals surface area contributed by atoms with Crippen LogP contribution >= 0.6 is 11.3 Å². The highest BCUT2D eigenvalue weighted by Crippen LogP contribution is 2.33. The molecule has 1 atom stereocenters. The van der Waals surface area contributed by atoms with E-state index in [-0.39, 0.29) is 6.61 Å². The van der Waals surface area contributed by atoms with E-state index in [4.69, 9.17) is 9.82 Å². The molecule has 0 fully saturated rings. The predicted molar refractivity (Wildman–Crippen MR) is 118 cm³/mol. The van der Waals surface area contributed by atoms with Gasteiger partial charge in [-0.05, 0) is 24.5 Å². The average molecular weight is 422 g/mol. The molecule has 3 aromatic heterocycles. The molecular formula is C22H25N6OS+. The molecule has 5 rings (SSSR count). The lowest BCUT2D eigenvalue weighted by Crippen LogP contribution is -3.11. The van der Waals surface area contributed by atoms with Gasteiger partial charge in [-0.2, -0.15) is 0 Å². The van der Waals surface area contributed by atoms with Crippen molar-refractivity contribution in [2.75, 3.05) is 13.1 Å². The Morgan fingerprint density at radius 3 is 3.00 bits per heavy atom. The second kappa shape index (κ2) is 8.12. The van der Waals surface area contributed by atoms with Crippen LogP contribution in [0.15, 0.2) is 41.8 Å². The lowest BCUT2D eigenvalue weighted by atomic mass is 10.1. The summed E-state index contributed by atoms with van der Waals surface area (Å²) in [6.45, 7) is 7.91. The van der Waals surface area contributed by atoms with Crippen molar-refractivity contribution in [2.45, 2.75) is 39.8 Å². The van der Waals surface area contributed by atoms with Gasteiger partial charge in [0.2, 0.25) is 0 Å². The highest BCUT2D eigenvalue weighted by molar-refractivity contribution is 7.19. The molecule has 1 unspecified atom stereocenters. The number of fused-ring (bicyclic) bond motifs is 5. The highest BCUT2D eigenvalue weighted by Gasteiger charge is 2.26. The monoisotopic (exact) mass is 421 g/mol. The molecule has 154 valence electrons. The van der Waals surface area contributed by atoms with Gasteiger partial charge in [-0.3, -0.25) is 0 Å². The third-order valence-corrected chi connectivity index (χ3v) is 6.72. The van der Waals surface area contributed by atoms with Crippen molar-refractivity contribution in [1.29, 1.82) is 0 Å². The van der Waals surface area contributed by atoms with Crippen molar-refractivity contribution in [1.82, 2.24) is 19.6 Å².